The number of benzene rings is 2. The topological polar surface area (TPSA) is 87.0 Å². The molecule has 2 rings (SSSR count). The number of hydrogen-bond acceptors (Lipinski definition) is 3. The maximum absolute atomic E-state index is 11.1. The van der Waals surface area contributed by atoms with Gasteiger partial charge in [0.15, 0.2) is 0 Å². The number of hydrogen-bond donors (Lipinski definition) is 3. The highest BCUT2D eigenvalue weighted by molar-refractivity contribution is 7.55. The van der Waals surface area contributed by atoms with Gasteiger partial charge in [-0.25, -0.2) is 0 Å². The van der Waals surface area contributed by atoms with Crippen molar-refractivity contribution in [3.8, 4) is 0 Å². The van der Waals surface area contributed by atoms with E-state index in [0.717, 1.165) is 29.0 Å². The van der Waals surface area contributed by atoms with Crippen LogP contribution in [0, 0.1) is 0 Å². The summed E-state index contributed by atoms with van der Waals surface area (Å²) < 4.78 is 17.4. The summed E-state index contributed by atoms with van der Waals surface area (Å²) >= 11 is 0. The van der Waals surface area contributed by atoms with Crippen LogP contribution >= 0.6 is 7.60 Å². The van der Waals surface area contributed by atoms with Crippen LogP contribution in [0.25, 0.3) is 0 Å². The molecule has 3 N–H and O–H groups in total. The first-order chi connectivity index (χ1) is 13.3. The zero-order chi connectivity index (χ0) is 20.5. The van der Waals surface area contributed by atoms with Gasteiger partial charge in [0.1, 0.15) is 0 Å². The molecule has 0 amide bonds. The van der Waals surface area contributed by atoms with Gasteiger partial charge in [0.2, 0.25) is 9.04 Å². The Morgan fingerprint density at radius 2 is 1.57 bits per heavy atom. The van der Waals surface area contributed by atoms with E-state index in [2.05, 4.69) is 0 Å². The Morgan fingerprint density at radius 1 is 1.04 bits per heavy atom. The normalized spacial score (nSPS) is 14.5. The molecule has 0 fully saturated rings. The van der Waals surface area contributed by atoms with E-state index in [1.165, 1.54) is 6.08 Å². The molecule has 0 bridgehead atoms. The van der Waals surface area contributed by atoms with Crippen molar-refractivity contribution in [3.05, 3.63) is 72.6 Å². The van der Waals surface area contributed by atoms with E-state index in [0.29, 0.717) is 6.42 Å². The molecule has 7 heteroatoms. The highest BCUT2D eigenvalue weighted by atomic mass is 31.2. The SMILES string of the molecule is CCCCC(O)(CC=CP(=O)(O)O)CO[SiH](c1ccccc1)c1ccccc1. The van der Waals surface area contributed by atoms with Gasteiger partial charge >= 0.3 is 7.60 Å². The van der Waals surface area contributed by atoms with Crippen LogP contribution in [-0.4, -0.2) is 36.1 Å². The summed E-state index contributed by atoms with van der Waals surface area (Å²) in [7, 11) is -6.22. The maximum Gasteiger partial charge on any atom is 0.348 e. The summed E-state index contributed by atoms with van der Waals surface area (Å²) in [6, 6.07) is 20.0. The van der Waals surface area contributed by atoms with Gasteiger partial charge < -0.3 is 19.3 Å². The molecule has 1 unspecified atom stereocenters. The van der Waals surface area contributed by atoms with Crippen LogP contribution in [0.1, 0.15) is 32.6 Å². The zero-order valence-corrected chi connectivity index (χ0v) is 18.2. The molecule has 0 saturated heterocycles. The quantitative estimate of drug-likeness (QED) is 0.384. The Morgan fingerprint density at radius 3 is 2.04 bits per heavy atom. The van der Waals surface area contributed by atoms with Crippen LogP contribution in [-0.2, 0) is 8.99 Å². The Balaban J connectivity index is 2.18. The molecular formula is C21H29O5PSi. The summed E-state index contributed by atoms with van der Waals surface area (Å²) in [5, 5.41) is 13.3. The van der Waals surface area contributed by atoms with Gasteiger partial charge in [-0.15, -0.1) is 0 Å². The standard InChI is InChI=1S/C21H29O5PSi/c1-2-3-15-21(22,16-10-17-27(23,24)25)18-26-28(19-11-6-4-7-12-19)20-13-8-5-9-14-20/h4-14,17,22,28H,2-3,15-16,18H2,1H3,(H2,23,24,25). The van der Waals surface area contributed by atoms with Crippen molar-refractivity contribution >= 4 is 27.0 Å². The Labute approximate surface area is 168 Å². The third-order valence-electron chi connectivity index (χ3n) is 4.52. The minimum absolute atomic E-state index is 0.124. The molecule has 0 radical (unpaired) electrons. The van der Waals surface area contributed by atoms with Crippen LogP contribution in [0.3, 0.4) is 0 Å². The largest absolute Gasteiger partial charge is 0.408 e. The minimum Gasteiger partial charge on any atom is -0.408 e. The lowest BCUT2D eigenvalue weighted by molar-refractivity contribution is -0.0110. The van der Waals surface area contributed by atoms with Crippen molar-refractivity contribution in [2.45, 2.75) is 38.2 Å². The molecule has 5 nitrogen and oxygen atoms in total. The number of rotatable bonds is 11. The van der Waals surface area contributed by atoms with E-state index in [1.807, 2.05) is 67.6 Å². The van der Waals surface area contributed by atoms with Gasteiger partial charge in [-0.3, -0.25) is 4.57 Å². The average Bonchev–Trinajstić information content (AvgIpc) is 2.67. The minimum atomic E-state index is -4.24. The molecule has 2 aromatic carbocycles. The average molecular weight is 421 g/mol. The molecule has 28 heavy (non-hydrogen) atoms. The molecule has 0 spiro atoms. The lowest BCUT2D eigenvalue weighted by atomic mass is 9.94. The van der Waals surface area contributed by atoms with Crippen LogP contribution in [0.15, 0.2) is 72.6 Å². The first kappa shape index (κ1) is 22.8. The number of aliphatic hydroxyl groups is 1. The predicted octanol–water partition coefficient (Wildman–Crippen LogP) is 2.54. The smallest absolute Gasteiger partial charge is 0.348 e. The molecule has 0 aliphatic rings. The van der Waals surface area contributed by atoms with Crippen LogP contribution in [0.5, 0.6) is 0 Å². The van der Waals surface area contributed by atoms with E-state index in [9.17, 15) is 9.67 Å². The molecule has 2 aromatic rings. The van der Waals surface area contributed by atoms with E-state index in [4.69, 9.17) is 14.2 Å². The Bertz CT molecular complexity index is 738. The van der Waals surface area contributed by atoms with Crippen molar-refractivity contribution in [3.63, 3.8) is 0 Å². The van der Waals surface area contributed by atoms with Crippen molar-refractivity contribution in [1.82, 2.24) is 0 Å². The van der Waals surface area contributed by atoms with E-state index in [1.54, 1.807) is 0 Å². The van der Waals surface area contributed by atoms with E-state index < -0.39 is 22.2 Å². The summed E-state index contributed by atoms with van der Waals surface area (Å²) in [5.41, 5.74) is -1.16. The molecule has 0 heterocycles. The maximum atomic E-state index is 11.1. The van der Waals surface area contributed by atoms with Crippen molar-refractivity contribution in [2.24, 2.45) is 0 Å². The van der Waals surface area contributed by atoms with Gasteiger partial charge in [-0.05, 0) is 23.2 Å². The van der Waals surface area contributed by atoms with Crippen LogP contribution in [0.4, 0.5) is 0 Å². The highest BCUT2D eigenvalue weighted by Gasteiger charge is 2.29. The lowest BCUT2D eigenvalue weighted by Crippen LogP contribution is -2.48. The van der Waals surface area contributed by atoms with Gasteiger partial charge in [-0.1, -0.05) is 86.5 Å². The molecular weight excluding hydrogens is 391 g/mol. The van der Waals surface area contributed by atoms with E-state index in [-0.39, 0.29) is 13.0 Å². The third kappa shape index (κ3) is 7.84. The van der Waals surface area contributed by atoms with Gasteiger partial charge in [-0.2, -0.15) is 0 Å². The molecule has 0 aromatic heterocycles. The monoisotopic (exact) mass is 420 g/mol. The summed E-state index contributed by atoms with van der Waals surface area (Å²) in [4.78, 5) is 18.0. The highest BCUT2D eigenvalue weighted by Crippen LogP contribution is 2.36. The second-order valence-corrected chi connectivity index (χ2v) is 10.9. The van der Waals surface area contributed by atoms with Gasteiger partial charge in [0, 0.05) is 5.82 Å². The predicted molar refractivity (Wildman–Crippen MR) is 116 cm³/mol. The molecule has 0 aliphatic carbocycles. The fraction of sp³-hybridized carbons (Fsp3) is 0.333. The second kappa shape index (κ2) is 10.9. The Hall–Kier alpha value is -1.53. The molecule has 1 atom stereocenters. The summed E-state index contributed by atoms with van der Waals surface area (Å²) in [5.74, 6) is 0.854. The summed E-state index contributed by atoms with van der Waals surface area (Å²) in [6.07, 6.45) is 3.75. The van der Waals surface area contributed by atoms with Crippen molar-refractivity contribution in [1.29, 1.82) is 0 Å². The van der Waals surface area contributed by atoms with Crippen LogP contribution < -0.4 is 10.4 Å². The van der Waals surface area contributed by atoms with Gasteiger partial charge in [0.05, 0.1) is 12.2 Å². The molecule has 152 valence electrons. The lowest BCUT2D eigenvalue weighted by Gasteiger charge is -2.29. The molecule has 0 saturated carbocycles. The zero-order valence-electron chi connectivity index (χ0n) is 16.1. The third-order valence-corrected chi connectivity index (χ3v) is 7.60. The number of unbranched alkanes of at least 4 members (excludes halogenated alkanes) is 1. The summed E-state index contributed by atoms with van der Waals surface area (Å²) in [6.45, 7) is 2.16. The van der Waals surface area contributed by atoms with E-state index >= 15 is 0 Å². The van der Waals surface area contributed by atoms with Crippen molar-refractivity contribution in [2.75, 3.05) is 6.61 Å². The fourth-order valence-corrected chi connectivity index (χ4v) is 5.80. The first-order valence-electron chi connectivity index (χ1n) is 9.50. The van der Waals surface area contributed by atoms with Crippen molar-refractivity contribution < 1.29 is 23.9 Å². The Kier molecular flexibility index (Phi) is 8.83. The molecule has 0 aliphatic heterocycles. The second-order valence-electron chi connectivity index (χ2n) is 7.02. The van der Waals surface area contributed by atoms with Gasteiger partial charge in [0.25, 0.3) is 0 Å². The first-order valence-corrected chi connectivity index (χ1v) is 12.8. The van der Waals surface area contributed by atoms with Crippen LogP contribution in [0.2, 0.25) is 0 Å². The fourth-order valence-electron chi connectivity index (χ4n) is 3.03.